The van der Waals surface area contributed by atoms with Gasteiger partial charge in [0.25, 0.3) is 5.91 Å². The summed E-state index contributed by atoms with van der Waals surface area (Å²) in [7, 11) is 0. The third-order valence-corrected chi connectivity index (χ3v) is 5.22. The van der Waals surface area contributed by atoms with Crippen LogP contribution in [0.15, 0.2) is 22.8 Å². The number of esters is 1. The fourth-order valence-electron chi connectivity index (χ4n) is 2.57. The first-order chi connectivity index (χ1) is 12.5. The molecule has 1 aliphatic carbocycles. The Morgan fingerprint density at radius 2 is 2.12 bits per heavy atom. The van der Waals surface area contributed by atoms with Gasteiger partial charge >= 0.3 is 12.0 Å². The molecule has 1 aliphatic heterocycles. The third-order valence-electron chi connectivity index (χ3n) is 3.93. The van der Waals surface area contributed by atoms with Crippen LogP contribution in [0, 0.1) is 0 Å². The lowest BCUT2D eigenvalue weighted by Crippen LogP contribution is -2.45. The molecule has 0 unspecified atom stereocenters. The number of rotatable bonds is 5. The third kappa shape index (κ3) is 4.37. The molecular formula is C16H19N3O6S. The van der Waals surface area contributed by atoms with Gasteiger partial charge in [-0.3, -0.25) is 14.9 Å². The molecule has 2 aliphatic rings. The summed E-state index contributed by atoms with van der Waals surface area (Å²) in [4.78, 5) is 48.8. The van der Waals surface area contributed by atoms with Crippen molar-refractivity contribution in [3.63, 3.8) is 0 Å². The Kier molecular flexibility index (Phi) is 5.50. The minimum Gasteiger partial charge on any atom is -0.466 e. The van der Waals surface area contributed by atoms with E-state index in [-0.39, 0.29) is 11.9 Å². The second kappa shape index (κ2) is 7.81. The minimum atomic E-state index is -0.819. The van der Waals surface area contributed by atoms with Crippen LogP contribution >= 0.6 is 11.8 Å². The highest BCUT2D eigenvalue weighted by Gasteiger charge is 2.43. The van der Waals surface area contributed by atoms with E-state index in [1.807, 2.05) is 0 Å². The van der Waals surface area contributed by atoms with Crippen molar-refractivity contribution in [1.29, 1.82) is 0 Å². The van der Waals surface area contributed by atoms with E-state index in [1.54, 1.807) is 12.1 Å². The Labute approximate surface area is 153 Å². The molecule has 4 amide bonds. The Morgan fingerprint density at radius 1 is 1.35 bits per heavy atom. The van der Waals surface area contributed by atoms with Crippen LogP contribution in [0.1, 0.15) is 30.9 Å². The molecule has 0 radical (unpaired) electrons. The van der Waals surface area contributed by atoms with Gasteiger partial charge < -0.3 is 19.4 Å². The van der Waals surface area contributed by atoms with Gasteiger partial charge in [0.2, 0.25) is 5.91 Å². The SMILES string of the molecule is CC(=O)N1[C@H](C(=O)OCC(=O)NC(=O)NC2CC2)CS[C@H]1c1ccco1. The van der Waals surface area contributed by atoms with Gasteiger partial charge in [0, 0.05) is 18.7 Å². The summed E-state index contributed by atoms with van der Waals surface area (Å²) in [6, 6.07) is 2.13. The van der Waals surface area contributed by atoms with Crippen molar-refractivity contribution in [2.24, 2.45) is 0 Å². The summed E-state index contributed by atoms with van der Waals surface area (Å²) in [6.45, 7) is 0.770. The van der Waals surface area contributed by atoms with Crippen molar-refractivity contribution in [3.05, 3.63) is 24.2 Å². The molecule has 0 aromatic carbocycles. The molecule has 9 nitrogen and oxygen atoms in total. The van der Waals surface area contributed by atoms with Gasteiger partial charge in [-0.15, -0.1) is 11.8 Å². The number of hydrogen-bond donors (Lipinski definition) is 2. The standard InChI is InChI=1S/C16H19N3O6S/c1-9(20)19-11(8-26-14(19)12-3-2-6-24-12)15(22)25-7-13(21)18-16(23)17-10-4-5-10/h2-3,6,10-11,14H,4-5,7-8H2,1H3,(H2,17,18,21,23)/t11-,14-/m0/s1. The number of carbonyl (C=O) groups excluding carboxylic acids is 4. The van der Waals surface area contributed by atoms with E-state index in [0.717, 1.165) is 12.8 Å². The second-order valence-corrected chi connectivity index (χ2v) is 7.16. The molecule has 1 aromatic heterocycles. The molecule has 2 N–H and O–H groups in total. The molecule has 1 saturated heterocycles. The number of urea groups is 1. The van der Waals surface area contributed by atoms with Crippen molar-refractivity contribution in [1.82, 2.24) is 15.5 Å². The number of nitrogens with zero attached hydrogens (tertiary/aromatic N) is 1. The van der Waals surface area contributed by atoms with Gasteiger partial charge in [0.1, 0.15) is 17.2 Å². The number of amides is 4. The van der Waals surface area contributed by atoms with Crippen molar-refractivity contribution < 1.29 is 28.3 Å². The number of hydrogen-bond acceptors (Lipinski definition) is 7. The number of imide groups is 1. The molecule has 1 saturated carbocycles. The maximum Gasteiger partial charge on any atom is 0.330 e. The molecular weight excluding hydrogens is 362 g/mol. The maximum absolute atomic E-state index is 12.3. The van der Waals surface area contributed by atoms with Crippen molar-refractivity contribution >= 4 is 35.6 Å². The molecule has 2 heterocycles. The Morgan fingerprint density at radius 3 is 2.73 bits per heavy atom. The fourth-order valence-corrected chi connectivity index (χ4v) is 3.98. The zero-order valence-electron chi connectivity index (χ0n) is 14.1. The highest BCUT2D eigenvalue weighted by Crippen LogP contribution is 2.41. The lowest BCUT2D eigenvalue weighted by Gasteiger charge is -2.25. The zero-order valence-corrected chi connectivity index (χ0v) is 14.9. The molecule has 3 rings (SSSR count). The molecule has 10 heteroatoms. The average molecular weight is 381 g/mol. The van der Waals surface area contributed by atoms with E-state index < -0.39 is 35.9 Å². The van der Waals surface area contributed by atoms with Crippen LogP contribution in [0.2, 0.25) is 0 Å². The smallest absolute Gasteiger partial charge is 0.330 e. The van der Waals surface area contributed by atoms with Crippen molar-refractivity contribution in [3.8, 4) is 0 Å². The average Bonchev–Trinajstić information content (AvgIpc) is 3.08. The van der Waals surface area contributed by atoms with Crippen LogP contribution in [-0.4, -0.2) is 53.2 Å². The van der Waals surface area contributed by atoms with E-state index >= 15 is 0 Å². The van der Waals surface area contributed by atoms with Crippen molar-refractivity contribution in [2.45, 2.75) is 37.2 Å². The van der Waals surface area contributed by atoms with E-state index in [9.17, 15) is 19.2 Å². The Bertz CT molecular complexity index is 703. The van der Waals surface area contributed by atoms with E-state index in [4.69, 9.17) is 9.15 Å². The first kappa shape index (κ1) is 18.3. The summed E-state index contributed by atoms with van der Waals surface area (Å²) in [5.41, 5.74) is 0. The van der Waals surface area contributed by atoms with Gasteiger partial charge in [0.15, 0.2) is 6.61 Å². The van der Waals surface area contributed by atoms with Crippen LogP contribution in [0.4, 0.5) is 4.79 Å². The van der Waals surface area contributed by atoms with Gasteiger partial charge in [-0.1, -0.05) is 0 Å². The summed E-state index contributed by atoms with van der Waals surface area (Å²) in [5.74, 6) is -0.826. The number of furan rings is 1. The lowest BCUT2D eigenvalue weighted by molar-refractivity contribution is -0.156. The van der Waals surface area contributed by atoms with Gasteiger partial charge in [-0.05, 0) is 25.0 Å². The molecule has 2 atom stereocenters. The van der Waals surface area contributed by atoms with E-state index in [2.05, 4.69) is 10.6 Å². The van der Waals surface area contributed by atoms with Crippen LogP contribution in [0.3, 0.4) is 0 Å². The second-order valence-electron chi connectivity index (χ2n) is 6.05. The predicted octanol–water partition coefficient (Wildman–Crippen LogP) is 0.774. The fraction of sp³-hybridized carbons (Fsp3) is 0.500. The van der Waals surface area contributed by atoms with E-state index in [0.29, 0.717) is 11.5 Å². The van der Waals surface area contributed by atoms with Gasteiger partial charge in [-0.25, -0.2) is 9.59 Å². The maximum atomic E-state index is 12.3. The monoisotopic (exact) mass is 381 g/mol. The Hall–Kier alpha value is -2.49. The quantitative estimate of drug-likeness (QED) is 0.724. The summed E-state index contributed by atoms with van der Waals surface area (Å²) in [5, 5.41) is 4.27. The Balaban J connectivity index is 1.52. The van der Waals surface area contributed by atoms with Crippen molar-refractivity contribution in [2.75, 3.05) is 12.4 Å². The van der Waals surface area contributed by atoms with Crippen LogP contribution < -0.4 is 10.6 Å². The molecule has 2 fully saturated rings. The molecule has 0 bridgehead atoms. The number of nitrogens with one attached hydrogen (secondary N) is 2. The summed E-state index contributed by atoms with van der Waals surface area (Å²) < 4.78 is 10.3. The highest BCUT2D eigenvalue weighted by molar-refractivity contribution is 7.99. The molecule has 0 spiro atoms. The number of carbonyl (C=O) groups is 4. The predicted molar refractivity (Wildman–Crippen MR) is 90.9 cm³/mol. The number of ether oxygens (including phenoxy) is 1. The normalized spacial score (nSPS) is 22.0. The first-order valence-corrected chi connectivity index (χ1v) is 9.21. The molecule has 26 heavy (non-hydrogen) atoms. The number of thioether (sulfide) groups is 1. The van der Waals surface area contributed by atoms with Gasteiger partial charge in [-0.2, -0.15) is 0 Å². The first-order valence-electron chi connectivity index (χ1n) is 8.16. The minimum absolute atomic E-state index is 0.114. The summed E-state index contributed by atoms with van der Waals surface area (Å²) >= 11 is 1.38. The summed E-state index contributed by atoms with van der Waals surface area (Å²) in [6.07, 6.45) is 3.29. The molecule has 140 valence electrons. The van der Waals surface area contributed by atoms with Crippen LogP contribution in [0.5, 0.6) is 0 Å². The highest BCUT2D eigenvalue weighted by atomic mass is 32.2. The largest absolute Gasteiger partial charge is 0.466 e. The zero-order chi connectivity index (χ0) is 18.7. The van der Waals surface area contributed by atoms with E-state index in [1.165, 1.54) is 29.8 Å². The van der Waals surface area contributed by atoms with Gasteiger partial charge in [0.05, 0.1) is 6.26 Å². The van der Waals surface area contributed by atoms with Crippen LogP contribution in [-0.2, 0) is 19.1 Å². The topological polar surface area (TPSA) is 118 Å². The van der Waals surface area contributed by atoms with Crippen LogP contribution in [0.25, 0.3) is 0 Å². The molecule has 1 aromatic rings. The lowest BCUT2D eigenvalue weighted by atomic mass is 10.2.